The van der Waals surface area contributed by atoms with Gasteiger partial charge >= 0.3 is 5.97 Å². The monoisotopic (exact) mass is 302 g/mol. The van der Waals surface area contributed by atoms with Crippen molar-refractivity contribution in [3.63, 3.8) is 0 Å². The molecule has 0 amide bonds. The van der Waals surface area contributed by atoms with E-state index < -0.39 is 17.6 Å². The first kappa shape index (κ1) is 13.9. The Balaban J connectivity index is 2.02. The first-order chi connectivity index (χ1) is 10.5. The summed E-state index contributed by atoms with van der Waals surface area (Å²) in [4.78, 5) is 14.9. The quantitative estimate of drug-likeness (QED) is 0.802. The van der Waals surface area contributed by atoms with Crippen LogP contribution in [0.15, 0.2) is 47.0 Å². The van der Waals surface area contributed by atoms with Crippen molar-refractivity contribution in [1.82, 2.24) is 10.1 Å². The van der Waals surface area contributed by atoms with Gasteiger partial charge in [-0.3, -0.25) is 0 Å². The van der Waals surface area contributed by atoms with Gasteiger partial charge in [0.1, 0.15) is 11.6 Å². The van der Waals surface area contributed by atoms with Gasteiger partial charge in [-0.15, -0.1) is 0 Å². The van der Waals surface area contributed by atoms with Crippen LogP contribution < -0.4 is 0 Å². The SMILES string of the molecule is O=C(O)c1ccc(F)c(-c2noc(-c3ccc(F)cc3)n2)c1. The van der Waals surface area contributed by atoms with Crippen molar-refractivity contribution < 1.29 is 23.2 Å². The van der Waals surface area contributed by atoms with Gasteiger partial charge in [0.15, 0.2) is 0 Å². The second kappa shape index (κ2) is 5.36. The number of rotatable bonds is 3. The zero-order valence-corrected chi connectivity index (χ0v) is 11.0. The lowest BCUT2D eigenvalue weighted by Gasteiger charge is -1.99. The van der Waals surface area contributed by atoms with Crippen LogP contribution >= 0.6 is 0 Å². The van der Waals surface area contributed by atoms with Crippen LogP contribution in [0.4, 0.5) is 8.78 Å². The number of hydrogen-bond donors (Lipinski definition) is 1. The molecule has 1 aromatic heterocycles. The van der Waals surface area contributed by atoms with Gasteiger partial charge in [0, 0.05) is 5.56 Å². The normalized spacial score (nSPS) is 10.6. The molecular weight excluding hydrogens is 294 g/mol. The second-order valence-corrected chi connectivity index (χ2v) is 4.43. The highest BCUT2D eigenvalue weighted by Crippen LogP contribution is 2.25. The summed E-state index contributed by atoms with van der Waals surface area (Å²) < 4.78 is 31.7. The third-order valence-electron chi connectivity index (χ3n) is 2.97. The maximum atomic E-state index is 13.8. The molecule has 1 N–H and O–H groups in total. The number of carboxylic acids is 1. The molecule has 0 bridgehead atoms. The lowest BCUT2D eigenvalue weighted by atomic mass is 10.1. The number of nitrogens with zero attached hydrogens (tertiary/aromatic N) is 2. The summed E-state index contributed by atoms with van der Waals surface area (Å²) in [6.45, 7) is 0. The molecule has 0 radical (unpaired) electrons. The largest absolute Gasteiger partial charge is 0.478 e. The van der Waals surface area contributed by atoms with Crippen molar-refractivity contribution in [2.75, 3.05) is 0 Å². The van der Waals surface area contributed by atoms with Crippen LogP contribution in [0.3, 0.4) is 0 Å². The number of carboxylic acid groups (broad SMARTS) is 1. The minimum Gasteiger partial charge on any atom is -0.478 e. The maximum Gasteiger partial charge on any atom is 0.335 e. The molecule has 110 valence electrons. The van der Waals surface area contributed by atoms with Gasteiger partial charge in [-0.25, -0.2) is 13.6 Å². The van der Waals surface area contributed by atoms with Crippen LogP contribution in [0.1, 0.15) is 10.4 Å². The molecule has 2 aromatic carbocycles. The van der Waals surface area contributed by atoms with Gasteiger partial charge in [0.25, 0.3) is 5.89 Å². The van der Waals surface area contributed by atoms with E-state index in [9.17, 15) is 13.6 Å². The number of benzene rings is 2. The molecule has 0 atom stereocenters. The lowest BCUT2D eigenvalue weighted by Crippen LogP contribution is -1.98. The molecule has 5 nitrogen and oxygen atoms in total. The number of hydrogen-bond acceptors (Lipinski definition) is 4. The summed E-state index contributed by atoms with van der Waals surface area (Å²) in [6, 6.07) is 8.62. The van der Waals surface area contributed by atoms with Crippen LogP contribution in [-0.2, 0) is 0 Å². The molecular formula is C15H8F2N2O3. The molecule has 0 aliphatic heterocycles. The van der Waals surface area contributed by atoms with E-state index in [0.717, 1.165) is 18.2 Å². The van der Waals surface area contributed by atoms with Crippen molar-refractivity contribution in [3.8, 4) is 22.8 Å². The summed E-state index contributed by atoms with van der Waals surface area (Å²) >= 11 is 0. The average Bonchev–Trinajstić information content (AvgIpc) is 2.98. The Morgan fingerprint density at radius 3 is 2.50 bits per heavy atom. The second-order valence-electron chi connectivity index (χ2n) is 4.43. The molecule has 0 spiro atoms. The fourth-order valence-electron chi connectivity index (χ4n) is 1.87. The zero-order valence-electron chi connectivity index (χ0n) is 11.0. The third kappa shape index (κ3) is 2.56. The Bertz CT molecular complexity index is 844. The van der Waals surface area contributed by atoms with Crippen molar-refractivity contribution in [2.45, 2.75) is 0 Å². The van der Waals surface area contributed by atoms with E-state index >= 15 is 0 Å². The first-order valence-electron chi connectivity index (χ1n) is 6.17. The van der Waals surface area contributed by atoms with E-state index in [2.05, 4.69) is 10.1 Å². The minimum absolute atomic E-state index is 0.0788. The number of aromatic nitrogens is 2. The highest BCUT2D eigenvalue weighted by atomic mass is 19.1. The van der Waals surface area contributed by atoms with E-state index in [0.29, 0.717) is 5.56 Å². The molecule has 7 heteroatoms. The number of aromatic carboxylic acids is 1. The number of halogens is 2. The highest BCUT2D eigenvalue weighted by Gasteiger charge is 2.16. The van der Waals surface area contributed by atoms with Gasteiger partial charge in [-0.05, 0) is 42.5 Å². The molecule has 0 saturated carbocycles. The van der Waals surface area contributed by atoms with Crippen molar-refractivity contribution in [3.05, 3.63) is 59.7 Å². The van der Waals surface area contributed by atoms with Crippen LogP contribution in [0, 0.1) is 11.6 Å². The predicted molar refractivity (Wildman–Crippen MR) is 72.0 cm³/mol. The first-order valence-corrected chi connectivity index (χ1v) is 6.17. The summed E-state index contributed by atoms with van der Waals surface area (Å²) in [5, 5.41) is 12.6. The van der Waals surface area contributed by atoms with Crippen LogP contribution in [0.5, 0.6) is 0 Å². The van der Waals surface area contributed by atoms with Gasteiger partial charge in [-0.1, -0.05) is 5.16 Å². The predicted octanol–water partition coefficient (Wildman–Crippen LogP) is 3.38. The Morgan fingerprint density at radius 2 is 1.82 bits per heavy atom. The summed E-state index contributed by atoms with van der Waals surface area (Å²) in [5.41, 5.74) is 0.288. The minimum atomic E-state index is -1.19. The van der Waals surface area contributed by atoms with Crippen molar-refractivity contribution in [2.24, 2.45) is 0 Å². The molecule has 0 aliphatic carbocycles. The topological polar surface area (TPSA) is 76.2 Å². The Labute approximate surface area is 122 Å². The molecule has 0 fully saturated rings. The van der Waals surface area contributed by atoms with E-state index in [1.807, 2.05) is 0 Å². The molecule has 1 heterocycles. The fraction of sp³-hybridized carbons (Fsp3) is 0. The summed E-state index contributed by atoms with van der Waals surface area (Å²) in [7, 11) is 0. The van der Waals surface area contributed by atoms with Gasteiger partial charge in [0.05, 0.1) is 11.1 Å². The summed E-state index contributed by atoms with van der Waals surface area (Å²) in [6.07, 6.45) is 0. The molecule has 22 heavy (non-hydrogen) atoms. The summed E-state index contributed by atoms with van der Waals surface area (Å²) in [5.74, 6) is -2.28. The third-order valence-corrected chi connectivity index (χ3v) is 2.97. The fourth-order valence-corrected chi connectivity index (χ4v) is 1.87. The molecule has 3 rings (SSSR count). The van der Waals surface area contributed by atoms with Gasteiger partial charge < -0.3 is 9.63 Å². The average molecular weight is 302 g/mol. The maximum absolute atomic E-state index is 13.8. The van der Waals surface area contributed by atoms with Gasteiger partial charge in [-0.2, -0.15) is 4.98 Å². The van der Waals surface area contributed by atoms with Gasteiger partial charge in [0.2, 0.25) is 5.82 Å². The van der Waals surface area contributed by atoms with E-state index in [4.69, 9.17) is 9.63 Å². The smallest absolute Gasteiger partial charge is 0.335 e. The molecule has 0 saturated heterocycles. The van der Waals surface area contributed by atoms with Crippen LogP contribution in [0.2, 0.25) is 0 Å². The molecule has 3 aromatic rings. The Kier molecular flexibility index (Phi) is 3.38. The van der Waals surface area contributed by atoms with Crippen LogP contribution in [0.25, 0.3) is 22.8 Å². The highest BCUT2D eigenvalue weighted by molar-refractivity contribution is 5.89. The van der Waals surface area contributed by atoms with Crippen molar-refractivity contribution in [1.29, 1.82) is 0 Å². The zero-order chi connectivity index (χ0) is 15.7. The number of carbonyl (C=O) groups is 1. The van der Waals surface area contributed by atoms with Crippen LogP contribution in [-0.4, -0.2) is 21.2 Å². The van der Waals surface area contributed by atoms with Crippen molar-refractivity contribution >= 4 is 5.97 Å². The Hall–Kier alpha value is -3.09. The van der Waals surface area contributed by atoms with E-state index in [1.54, 1.807) is 0 Å². The van der Waals surface area contributed by atoms with E-state index in [1.165, 1.54) is 24.3 Å². The molecule has 0 unspecified atom stereocenters. The van der Waals surface area contributed by atoms with E-state index in [-0.39, 0.29) is 22.8 Å². The standard InChI is InChI=1S/C15H8F2N2O3/c16-10-4-1-8(2-5-10)14-18-13(19-22-14)11-7-9(15(20)21)3-6-12(11)17/h1-7H,(H,20,21). The Morgan fingerprint density at radius 1 is 1.09 bits per heavy atom. The lowest BCUT2D eigenvalue weighted by molar-refractivity contribution is 0.0697. The molecule has 0 aliphatic rings.